The second-order valence-corrected chi connectivity index (χ2v) is 7.35. The quantitative estimate of drug-likeness (QED) is 0.653. The van der Waals surface area contributed by atoms with Crippen LogP contribution in [0.15, 0.2) is 47.4 Å². The maximum Gasteiger partial charge on any atom is 0.233 e. The van der Waals surface area contributed by atoms with E-state index in [9.17, 15) is 4.79 Å². The van der Waals surface area contributed by atoms with Gasteiger partial charge < -0.3 is 14.8 Å². The molecule has 2 rings (SSSR count). The van der Waals surface area contributed by atoms with Crippen LogP contribution in [0.3, 0.4) is 0 Å². The molecule has 0 radical (unpaired) electrons. The van der Waals surface area contributed by atoms with Crippen molar-refractivity contribution in [3.63, 3.8) is 0 Å². The zero-order valence-electron chi connectivity index (χ0n) is 15.9. The molecule has 2 aromatic carbocycles. The van der Waals surface area contributed by atoms with Gasteiger partial charge in [-0.25, -0.2) is 0 Å². The summed E-state index contributed by atoms with van der Waals surface area (Å²) in [6.45, 7) is 9.47. The van der Waals surface area contributed by atoms with Gasteiger partial charge in [0.15, 0.2) is 11.5 Å². The monoisotopic (exact) mass is 373 g/mol. The second-order valence-electron chi connectivity index (χ2n) is 5.94. The number of amides is 1. The van der Waals surface area contributed by atoms with E-state index in [4.69, 9.17) is 9.47 Å². The topological polar surface area (TPSA) is 47.6 Å². The Bertz CT molecular complexity index is 716. The number of benzene rings is 2. The molecule has 0 spiro atoms. The standard InChI is InChI=1S/C21H27NO3S/c1-5-24-19-12-9-17(13-20(19)25-6-2)14-22-21(23)16(4)26-18-10-7-15(3)8-11-18/h7-13,16H,5-6,14H2,1-4H3,(H,22,23). The predicted molar refractivity (Wildman–Crippen MR) is 107 cm³/mol. The van der Waals surface area contributed by atoms with Crippen molar-refractivity contribution >= 4 is 17.7 Å². The van der Waals surface area contributed by atoms with E-state index in [-0.39, 0.29) is 11.2 Å². The highest BCUT2D eigenvalue weighted by molar-refractivity contribution is 8.00. The van der Waals surface area contributed by atoms with Gasteiger partial charge in [-0.05, 0) is 57.5 Å². The van der Waals surface area contributed by atoms with Gasteiger partial charge in [-0.3, -0.25) is 4.79 Å². The fourth-order valence-electron chi connectivity index (χ4n) is 2.41. The van der Waals surface area contributed by atoms with Gasteiger partial charge in [0.25, 0.3) is 0 Å². The molecule has 0 heterocycles. The zero-order chi connectivity index (χ0) is 18.9. The lowest BCUT2D eigenvalue weighted by Crippen LogP contribution is -2.30. The normalized spacial score (nSPS) is 11.7. The molecule has 1 unspecified atom stereocenters. The number of nitrogens with one attached hydrogen (secondary N) is 1. The molecule has 0 aliphatic carbocycles. The lowest BCUT2D eigenvalue weighted by molar-refractivity contribution is -0.120. The average Bonchev–Trinajstić information content (AvgIpc) is 2.63. The fourth-order valence-corrected chi connectivity index (χ4v) is 3.30. The molecule has 0 aromatic heterocycles. The molecule has 4 nitrogen and oxygen atoms in total. The third-order valence-corrected chi connectivity index (χ3v) is 4.89. The van der Waals surface area contributed by atoms with Crippen LogP contribution in [0.25, 0.3) is 0 Å². The maximum atomic E-state index is 12.4. The Kier molecular flexibility index (Phi) is 7.85. The number of hydrogen-bond acceptors (Lipinski definition) is 4. The van der Waals surface area contributed by atoms with E-state index >= 15 is 0 Å². The van der Waals surface area contributed by atoms with Crippen LogP contribution < -0.4 is 14.8 Å². The molecule has 2 aromatic rings. The van der Waals surface area contributed by atoms with Crippen LogP contribution in [-0.2, 0) is 11.3 Å². The Hall–Kier alpha value is -2.14. The van der Waals surface area contributed by atoms with Crippen molar-refractivity contribution in [2.24, 2.45) is 0 Å². The lowest BCUT2D eigenvalue weighted by Gasteiger charge is -2.14. The summed E-state index contributed by atoms with van der Waals surface area (Å²) in [6, 6.07) is 14.0. The summed E-state index contributed by atoms with van der Waals surface area (Å²) in [5.74, 6) is 1.46. The molecule has 1 amide bonds. The summed E-state index contributed by atoms with van der Waals surface area (Å²) < 4.78 is 11.2. The number of rotatable bonds is 9. The van der Waals surface area contributed by atoms with Gasteiger partial charge in [-0.15, -0.1) is 11.8 Å². The van der Waals surface area contributed by atoms with Crippen molar-refractivity contribution < 1.29 is 14.3 Å². The molecule has 5 heteroatoms. The molecule has 0 aliphatic rings. The Morgan fingerprint density at radius 3 is 2.35 bits per heavy atom. The van der Waals surface area contributed by atoms with E-state index < -0.39 is 0 Å². The van der Waals surface area contributed by atoms with Gasteiger partial charge in [-0.1, -0.05) is 23.8 Å². The highest BCUT2D eigenvalue weighted by atomic mass is 32.2. The van der Waals surface area contributed by atoms with Crippen LogP contribution in [0, 0.1) is 6.92 Å². The molecule has 0 aliphatic heterocycles. The van der Waals surface area contributed by atoms with Crippen molar-refractivity contribution in [1.82, 2.24) is 5.32 Å². The summed E-state index contributed by atoms with van der Waals surface area (Å²) in [6.07, 6.45) is 0. The van der Waals surface area contributed by atoms with E-state index in [1.807, 2.05) is 51.1 Å². The van der Waals surface area contributed by atoms with Crippen molar-refractivity contribution in [3.05, 3.63) is 53.6 Å². The van der Waals surface area contributed by atoms with Crippen molar-refractivity contribution in [2.45, 2.75) is 44.4 Å². The van der Waals surface area contributed by atoms with Gasteiger partial charge in [0.05, 0.1) is 18.5 Å². The summed E-state index contributed by atoms with van der Waals surface area (Å²) in [5, 5.41) is 2.83. The molecular weight excluding hydrogens is 346 g/mol. The smallest absolute Gasteiger partial charge is 0.233 e. The number of thioether (sulfide) groups is 1. The van der Waals surface area contributed by atoms with Crippen LogP contribution in [0.2, 0.25) is 0 Å². The van der Waals surface area contributed by atoms with Gasteiger partial charge in [0, 0.05) is 11.4 Å². The number of hydrogen-bond donors (Lipinski definition) is 1. The molecular formula is C21H27NO3S. The SMILES string of the molecule is CCOc1ccc(CNC(=O)C(C)Sc2ccc(C)cc2)cc1OCC. The highest BCUT2D eigenvalue weighted by Gasteiger charge is 2.14. The minimum Gasteiger partial charge on any atom is -0.490 e. The van der Waals surface area contributed by atoms with E-state index in [0.29, 0.717) is 25.5 Å². The molecule has 0 fully saturated rings. The third kappa shape index (κ3) is 5.99. The Balaban J connectivity index is 1.93. The van der Waals surface area contributed by atoms with Crippen LogP contribution >= 0.6 is 11.8 Å². The van der Waals surface area contributed by atoms with Gasteiger partial charge in [0.1, 0.15) is 0 Å². The van der Waals surface area contributed by atoms with E-state index in [1.54, 1.807) is 11.8 Å². The lowest BCUT2D eigenvalue weighted by atomic mass is 10.2. The Labute approximate surface area is 160 Å². The minimum atomic E-state index is -0.160. The number of aryl methyl sites for hydroxylation is 1. The number of ether oxygens (including phenoxy) is 2. The molecule has 0 bridgehead atoms. The van der Waals surface area contributed by atoms with Crippen molar-refractivity contribution in [1.29, 1.82) is 0 Å². The molecule has 1 N–H and O–H groups in total. The maximum absolute atomic E-state index is 12.4. The molecule has 0 saturated carbocycles. The molecule has 1 atom stereocenters. The van der Waals surface area contributed by atoms with E-state index in [0.717, 1.165) is 16.2 Å². The van der Waals surface area contributed by atoms with Gasteiger partial charge >= 0.3 is 0 Å². The first kappa shape index (κ1) is 20.2. The van der Waals surface area contributed by atoms with Crippen LogP contribution in [0.1, 0.15) is 31.9 Å². The third-order valence-electron chi connectivity index (χ3n) is 3.78. The molecule has 26 heavy (non-hydrogen) atoms. The minimum absolute atomic E-state index is 0.0161. The first-order valence-corrected chi connectivity index (χ1v) is 9.81. The number of carbonyl (C=O) groups excluding carboxylic acids is 1. The first-order chi connectivity index (χ1) is 12.5. The Morgan fingerprint density at radius 2 is 1.69 bits per heavy atom. The number of carbonyl (C=O) groups is 1. The summed E-state index contributed by atoms with van der Waals surface area (Å²) in [5.41, 5.74) is 2.20. The predicted octanol–water partition coefficient (Wildman–Crippen LogP) is 4.59. The van der Waals surface area contributed by atoms with Gasteiger partial charge in [0.2, 0.25) is 5.91 Å². The first-order valence-electron chi connectivity index (χ1n) is 8.93. The molecule has 0 saturated heterocycles. The van der Waals surface area contributed by atoms with Gasteiger partial charge in [-0.2, -0.15) is 0 Å². The average molecular weight is 374 g/mol. The summed E-state index contributed by atoms with van der Waals surface area (Å²) >= 11 is 1.56. The van der Waals surface area contributed by atoms with Crippen LogP contribution in [0.5, 0.6) is 11.5 Å². The van der Waals surface area contributed by atoms with E-state index in [2.05, 4.69) is 24.4 Å². The van der Waals surface area contributed by atoms with Crippen molar-refractivity contribution in [2.75, 3.05) is 13.2 Å². The zero-order valence-corrected chi connectivity index (χ0v) is 16.7. The van der Waals surface area contributed by atoms with Crippen molar-refractivity contribution in [3.8, 4) is 11.5 Å². The summed E-state index contributed by atoms with van der Waals surface area (Å²) in [7, 11) is 0. The summed E-state index contributed by atoms with van der Waals surface area (Å²) in [4.78, 5) is 13.5. The van der Waals surface area contributed by atoms with E-state index in [1.165, 1.54) is 5.56 Å². The van der Waals surface area contributed by atoms with Crippen LogP contribution in [-0.4, -0.2) is 24.4 Å². The van der Waals surface area contributed by atoms with Crippen LogP contribution in [0.4, 0.5) is 0 Å². The second kappa shape index (κ2) is 10.1. The molecule has 140 valence electrons. The Morgan fingerprint density at radius 1 is 1.04 bits per heavy atom. The highest BCUT2D eigenvalue weighted by Crippen LogP contribution is 2.28. The fraction of sp³-hybridized carbons (Fsp3) is 0.381. The largest absolute Gasteiger partial charge is 0.490 e.